The Hall–Kier alpha value is -0.870. The summed E-state index contributed by atoms with van der Waals surface area (Å²) in [5.41, 5.74) is 3.66. The molecule has 3 unspecified atom stereocenters. The average molecular weight is 267 g/mol. The van der Waals surface area contributed by atoms with Crippen LogP contribution in [0, 0.1) is 26.7 Å². The Morgan fingerprint density at radius 3 is 2.33 bits per heavy atom. The van der Waals surface area contributed by atoms with Gasteiger partial charge in [0.15, 0.2) is 0 Å². The average Bonchev–Trinajstić information content (AvgIpc) is 2.29. The highest BCUT2D eigenvalue weighted by Crippen LogP contribution is 2.40. The summed E-state index contributed by atoms with van der Waals surface area (Å²) in [6, 6.07) is 0. The van der Waals surface area contributed by atoms with Crippen LogP contribution >= 0.6 is 0 Å². The first-order valence-corrected chi connectivity index (χ1v) is 7.30. The van der Waals surface area contributed by atoms with Crippen molar-refractivity contribution in [1.82, 2.24) is 0 Å². The van der Waals surface area contributed by atoms with Crippen LogP contribution in [-0.2, 0) is 17.5 Å². The third-order valence-corrected chi connectivity index (χ3v) is 5.05. The zero-order chi connectivity index (χ0) is 13.6. The first kappa shape index (κ1) is 13.6. The van der Waals surface area contributed by atoms with Crippen molar-refractivity contribution >= 4 is 11.1 Å². The van der Waals surface area contributed by atoms with E-state index in [1.807, 2.05) is 20.8 Å². The van der Waals surface area contributed by atoms with Crippen LogP contribution in [0.25, 0.3) is 0 Å². The first-order valence-electron chi connectivity index (χ1n) is 6.23. The van der Waals surface area contributed by atoms with E-state index >= 15 is 0 Å². The lowest BCUT2D eigenvalue weighted by molar-refractivity contribution is 0.138. The molecule has 3 atom stereocenters. The van der Waals surface area contributed by atoms with Crippen LogP contribution in [0.4, 0.5) is 0 Å². The zero-order valence-corrected chi connectivity index (χ0v) is 12.3. The van der Waals surface area contributed by atoms with Crippen molar-refractivity contribution in [3.63, 3.8) is 0 Å². The van der Waals surface area contributed by atoms with E-state index in [4.69, 9.17) is 4.74 Å². The highest BCUT2D eigenvalue weighted by molar-refractivity contribution is 7.79. The van der Waals surface area contributed by atoms with Crippen LogP contribution < -0.4 is 4.74 Å². The monoisotopic (exact) mass is 267 g/mol. The third kappa shape index (κ3) is 1.97. The molecule has 100 valence electrons. The summed E-state index contributed by atoms with van der Waals surface area (Å²) in [5, 5.41) is 0. The zero-order valence-electron chi connectivity index (χ0n) is 11.5. The normalized spacial score (nSPS) is 24.3. The summed E-state index contributed by atoms with van der Waals surface area (Å²) in [5.74, 6) is 1.30. The van der Waals surface area contributed by atoms with Gasteiger partial charge >= 0.3 is 0 Å². The van der Waals surface area contributed by atoms with Gasteiger partial charge in [-0.2, -0.15) is 0 Å². The molecule has 18 heavy (non-hydrogen) atoms. The van der Waals surface area contributed by atoms with E-state index in [0.29, 0.717) is 10.8 Å². The number of hydrogen-bond donors (Lipinski definition) is 0. The second-order valence-corrected chi connectivity index (χ2v) is 6.13. The maximum Gasteiger partial charge on any atom is 0.126 e. The van der Waals surface area contributed by atoms with Crippen LogP contribution in [-0.4, -0.2) is 14.9 Å². The van der Waals surface area contributed by atoms with Crippen LogP contribution in [0.5, 0.6) is 5.75 Å². The molecule has 0 N–H and O–H groups in total. The fourth-order valence-electron chi connectivity index (χ4n) is 2.60. The lowest BCUT2D eigenvalue weighted by Gasteiger charge is -2.33. The molecule has 1 aromatic rings. The van der Waals surface area contributed by atoms with Crippen LogP contribution in [0.3, 0.4) is 0 Å². The molecule has 0 saturated heterocycles. The molecule has 0 saturated carbocycles. The summed E-state index contributed by atoms with van der Waals surface area (Å²) in [6.45, 7) is 9.86. The topological polar surface area (TPSA) is 49.4 Å². The molecule has 2 rings (SSSR count). The second kappa shape index (κ2) is 4.67. The van der Waals surface area contributed by atoms with Gasteiger partial charge in [0, 0.05) is 4.90 Å². The van der Waals surface area contributed by atoms with Gasteiger partial charge in [0.25, 0.3) is 0 Å². The minimum absolute atomic E-state index is 0.179. The Morgan fingerprint density at radius 1 is 1.17 bits per heavy atom. The van der Waals surface area contributed by atoms with Gasteiger partial charge in [0.1, 0.15) is 5.75 Å². The van der Waals surface area contributed by atoms with Crippen LogP contribution in [0.15, 0.2) is 4.90 Å². The van der Waals surface area contributed by atoms with Crippen molar-refractivity contribution in [2.24, 2.45) is 5.92 Å². The van der Waals surface area contributed by atoms with Gasteiger partial charge in [-0.15, -0.1) is 0 Å². The van der Waals surface area contributed by atoms with E-state index in [2.05, 4.69) is 13.8 Å². The molecule has 1 heterocycles. The molecule has 0 spiro atoms. The molecule has 1 aromatic carbocycles. The van der Waals surface area contributed by atoms with Crippen molar-refractivity contribution in [2.75, 3.05) is 0 Å². The quantitative estimate of drug-likeness (QED) is 0.735. The molecule has 3 nitrogen and oxygen atoms in total. The lowest BCUT2D eigenvalue weighted by atomic mass is 9.87. The predicted molar refractivity (Wildman–Crippen MR) is 70.8 cm³/mol. The van der Waals surface area contributed by atoms with Crippen molar-refractivity contribution in [3.05, 3.63) is 22.3 Å². The van der Waals surface area contributed by atoms with Crippen LogP contribution in [0.2, 0.25) is 0 Å². The fourth-order valence-corrected chi connectivity index (χ4v) is 3.38. The van der Waals surface area contributed by atoms with E-state index in [-0.39, 0.29) is 6.10 Å². The minimum atomic E-state index is -2.19. The minimum Gasteiger partial charge on any atom is -0.768 e. The Labute approximate surface area is 111 Å². The van der Waals surface area contributed by atoms with E-state index in [9.17, 15) is 8.76 Å². The molecule has 0 aromatic heterocycles. The summed E-state index contributed by atoms with van der Waals surface area (Å²) < 4.78 is 28.7. The Morgan fingerprint density at radius 2 is 1.78 bits per heavy atom. The molecule has 0 radical (unpaired) electrons. The maximum absolute atomic E-state index is 11.4. The number of fused-ring (bicyclic) bond motifs is 1. The molecule has 4 heteroatoms. The number of benzene rings is 1. The van der Waals surface area contributed by atoms with Gasteiger partial charge in [-0.25, -0.2) is 0 Å². The molecule has 1 aliphatic rings. The number of rotatable bonds is 1. The van der Waals surface area contributed by atoms with E-state index in [1.54, 1.807) is 0 Å². The van der Waals surface area contributed by atoms with Crippen molar-refractivity contribution in [2.45, 2.75) is 52.0 Å². The summed E-state index contributed by atoms with van der Waals surface area (Å²) in [4.78, 5) is 0.441. The molecule has 0 fully saturated rings. The molecule has 0 aliphatic carbocycles. The number of ether oxygens (including phenoxy) is 1. The SMILES string of the molecule is Cc1c(C)c(S(=O)[O-])c(C)c2c1OC(C)C(C)C2. The highest BCUT2D eigenvalue weighted by atomic mass is 32.2. The van der Waals surface area contributed by atoms with Crippen LogP contribution in [0.1, 0.15) is 36.1 Å². The standard InChI is InChI=1S/C14H20O3S/c1-7-6-12-10(4)14(18(15)16)9(3)8(2)13(12)17-11(7)5/h7,11H,6H2,1-5H3,(H,15,16)/p-1. The Balaban J connectivity index is 2.71. The van der Waals surface area contributed by atoms with Gasteiger partial charge in [-0.05, 0) is 73.4 Å². The smallest absolute Gasteiger partial charge is 0.126 e. The number of hydrogen-bond acceptors (Lipinski definition) is 3. The molecule has 1 aliphatic heterocycles. The Bertz CT molecular complexity index is 523. The van der Waals surface area contributed by atoms with Gasteiger partial charge < -0.3 is 9.29 Å². The Kier molecular flexibility index (Phi) is 3.52. The third-order valence-electron chi connectivity index (χ3n) is 4.11. The fraction of sp³-hybridized carbons (Fsp3) is 0.571. The van der Waals surface area contributed by atoms with Crippen molar-refractivity contribution in [3.8, 4) is 5.75 Å². The second-order valence-electron chi connectivity index (χ2n) is 5.25. The maximum atomic E-state index is 11.4. The van der Waals surface area contributed by atoms with E-state index < -0.39 is 11.1 Å². The van der Waals surface area contributed by atoms with Gasteiger partial charge in [-0.1, -0.05) is 6.92 Å². The molecule has 0 bridgehead atoms. The predicted octanol–water partition coefficient (Wildman–Crippen LogP) is 2.81. The molecular weight excluding hydrogens is 248 g/mol. The molecule has 0 amide bonds. The van der Waals surface area contributed by atoms with Crippen molar-refractivity contribution < 1.29 is 13.5 Å². The summed E-state index contributed by atoms with van der Waals surface area (Å²) >= 11 is -2.19. The summed E-state index contributed by atoms with van der Waals surface area (Å²) in [7, 11) is 0. The molecular formula is C14H19O3S-. The van der Waals surface area contributed by atoms with Crippen molar-refractivity contribution in [1.29, 1.82) is 0 Å². The lowest BCUT2D eigenvalue weighted by Crippen LogP contribution is -2.29. The van der Waals surface area contributed by atoms with E-state index in [1.165, 1.54) is 0 Å². The van der Waals surface area contributed by atoms with E-state index in [0.717, 1.165) is 34.4 Å². The van der Waals surface area contributed by atoms with Gasteiger partial charge in [0.05, 0.1) is 6.10 Å². The summed E-state index contributed by atoms with van der Waals surface area (Å²) in [6.07, 6.45) is 1.06. The highest BCUT2D eigenvalue weighted by Gasteiger charge is 2.28. The van der Waals surface area contributed by atoms with Gasteiger partial charge in [0.2, 0.25) is 0 Å². The first-order chi connectivity index (χ1) is 8.34. The van der Waals surface area contributed by atoms with Gasteiger partial charge in [-0.3, -0.25) is 4.21 Å². The largest absolute Gasteiger partial charge is 0.768 e.